The molecule has 0 saturated carbocycles. The third-order valence-corrected chi connectivity index (χ3v) is 5.19. The molecule has 3 aromatic heterocycles. The summed E-state index contributed by atoms with van der Waals surface area (Å²) < 4.78 is 5.53. The summed E-state index contributed by atoms with van der Waals surface area (Å²) in [5.41, 5.74) is 1.96. The molecular weight excluding hydrogens is 310 g/mol. The lowest BCUT2D eigenvalue weighted by atomic mass is 10.1. The summed E-state index contributed by atoms with van der Waals surface area (Å²) >= 11 is 1.50. The van der Waals surface area contributed by atoms with Crippen LogP contribution < -0.4 is 5.32 Å². The van der Waals surface area contributed by atoms with Crippen molar-refractivity contribution in [3.8, 4) is 10.4 Å². The number of thiophene rings is 1. The summed E-state index contributed by atoms with van der Waals surface area (Å²) in [6, 6.07) is 7.86. The normalized spacial score (nSPS) is 17.7. The fraction of sp³-hybridized carbons (Fsp3) is 0.294. The molecule has 0 aliphatic carbocycles. The molecule has 1 aliphatic heterocycles. The molecule has 1 fully saturated rings. The minimum atomic E-state index is -0.0314. The zero-order valence-corrected chi connectivity index (χ0v) is 13.4. The van der Waals surface area contributed by atoms with Crippen LogP contribution in [0.15, 0.2) is 36.7 Å². The minimum Gasteiger partial charge on any atom is -0.376 e. The van der Waals surface area contributed by atoms with E-state index >= 15 is 0 Å². The summed E-state index contributed by atoms with van der Waals surface area (Å²) in [5, 5.41) is 4.04. The number of nitrogens with zero attached hydrogens (tertiary/aromatic N) is 1. The lowest BCUT2D eigenvalue weighted by Crippen LogP contribution is -2.31. The predicted octanol–water partition coefficient (Wildman–Crippen LogP) is 3.20. The quantitative estimate of drug-likeness (QED) is 0.773. The first-order valence-corrected chi connectivity index (χ1v) is 8.55. The maximum Gasteiger partial charge on any atom is 0.261 e. The number of carbonyl (C=O) groups is 1. The summed E-state index contributed by atoms with van der Waals surface area (Å²) in [6.45, 7) is 1.39. The third-order valence-electron chi connectivity index (χ3n) is 4.07. The molecule has 23 heavy (non-hydrogen) atoms. The van der Waals surface area contributed by atoms with Crippen LogP contribution in [-0.4, -0.2) is 35.1 Å². The predicted molar refractivity (Wildman–Crippen MR) is 90.7 cm³/mol. The lowest BCUT2D eigenvalue weighted by Gasteiger charge is -2.09. The van der Waals surface area contributed by atoms with Crippen molar-refractivity contribution >= 4 is 28.3 Å². The van der Waals surface area contributed by atoms with Gasteiger partial charge in [-0.15, -0.1) is 11.3 Å². The average Bonchev–Trinajstić information content (AvgIpc) is 3.32. The van der Waals surface area contributed by atoms with Gasteiger partial charge in [0.15, 0.2) is 0 Å². The Labute approximate surface area is 137 Å². The minimum absolute atomic E-state index is 0.0314. The number of amides is 1. The lowest BCUT2D eigenvalue weighted by molar-refractivity contribution is 0.0861. The highest BCUT2D eigenvalue weighted by atomic mass is 32.1. The van der Waals surface area contributed by atoms with E-state index in [1.54, 1.807) is 6.20 Å². The molecule has 0 spiro atoms. The van der Waals surface area contributed by atoms with Crippen molar-refractivity contribution in [2.24, 2.45) is 0 Å². The molecule has 0 bridgehead atoms. The molecule has 1 unspecified atom stereocenters. The summed E-state index contributed by atoms with van der Waals surface area (Å²) in [6.07, 6.45) is 5.93. The SMILES string of the molecule is O=C(NCC1CCCO1)c1ccc(-c2ccnc3[nH]ccc23)s1. The number of aromatic nitrogens is 2. The monoisotopic (exact) mass is 327 g/mol. The Morgan fingerprint density at radius 1 is 1.39 bits per heavy atom. The highest BCUT2D eigenvalue weighted by Gasteiger charge is 2.18. The molecular formula is C17H17N3O2S. The van der Waals surface area contributed by atoms with Crippen molar-refractivity contribution in [1.82, 2.24) is 15.3 Å². The smallest absolute Gasteiger partial charge is 0.261 e. The molecule has 0 aromatic carbocycles. The Bertz CT molecular complexity index is 833. The third kappa shape index (κ3) is 2.87. The fourth-order valence-corrected chi connectivity index (χ4v) is 3.84. The van der Waals surface area contributed by atoms with Gasteiger partial charge >= 0.3 is 0 Å². The van der Waals surface area contributed by atoms with Crippen LogP contribution in [0, 0.1) is 0 Å². The van der Waals surface area contributed by atoms with Crippen LogP contribution >= 0.6 is 11.3 Å². The van der Waals surface area contributed by atoms with E-state index in [4.69, 9.17) is 4.74 Å². The summed E-state index contributed by atoms with van der Waals surface area (Å²) in [7, 11) is 0. The molecule has 1 amide bonds. The van der Waals surface area contributed by atoms with Gasteiger partial charge in [-0.05, 0) is 37.1 Å². The maximum atomic E-state index is 12.3. The number of rotatable bonds is 4. The van der Waals surface area contributed by atoms with Crippen LogP contribution in [0.25, 0.3) is 21.5 Å². The maximum absolute atomic E-state index is 12.3. The molecule has 118 valence electrons. The van der Waals surface area contributed by atoms with Crippen molar-refractivity contribution in [2.75, 3.05) is 13.2 Å². The number of hydrogen-bond donors (Lipinski definition) is 2. The standard InChI is InChI=1S/C17H17N3O2S/c21-17(20-10-11-2-1-9-22-11)15-4-3-14(23-15)12-5-7-18-16-13(12)6-8-19-16/h3-8,11H,1-2,9-10H2,(H,18,19)(H,20,21). The Morgan fingerprint density at radius 3 is 3.22 bits per heavy atom. The van der Waals surface area contributed by atoms with Crippen LogP contribution in [0.3, 0.4) is 0 Å². The van der Waals surface area contributed by atoms with Crippen molar-refractivity contribution in [3.63, 3.8) is 0 Å². The second kappa shape index (κ2) is 6.14. The van der Waals surface area contributed by atoms with E-state index in [0.717, 1.165) is 45.8 Å². The number of nitrogens with one attached hydrogen (secondary N) is 2. The molecule has 6 heteroatoms. The van der Waals surface area contributed by atoms with Gasteiger partial charge in [0.25, 0.3) is 5.91 Å². The molecule has 0 radical (unpaired) electrons. The second-order valence-electron chi connectivity index (χ2n) is 5.61. The average molecular weight is 327 g/mol. The zero-order valence-electron chi connectivity index (χ0n) is 12.5. The van der Waals surface area contributed by atoms with Crippen LogP contribution in [0.2, 0.25) is 0 Å². The van der Waals surface area contributed by atoms with Crippen molar-refractivity contribution in [1.29, 1.82) is 0 Å². The molecule has 1 atom stereocenters. The van der Waals surface area contributed by atoms with Crippen molar-refractivity contribution in [3.05, 3.63) is 41.5 Å². The van der Waals surface area contributed by atoms with Gasteiger partial charge in [-0.2, -0.15) is 0 Å². The van der Waals surface area contributed by atoms with Gasteiger partial charge in [-0.25, -0.2) is 4.98 Å². The van der Waals surface area contributed by atoms with Gasteiger partial charge in [0.1, 0.15) is 5.65 Å². The van der Waals surface area contributed by atoms with E-state index in [1.165, 1.54) is 11.3 Å². The number of ether oxygens (including phenoxy) is 1. The number of hydrogen-bond acceptors (Lipinski definition) is 4. The fourth-order valence-electron chi connectivity index (χ4n) is 2.88. The number of fused-ring (bicyclic) bond motifs is 1. The van der Waals surface area contributed by atoms with Gasteiger partial charge < -0.3 is 15.0 Å². The first-order chi connectivity index (χ1) is 11.3. The van der Waals surface area contributed by atoms with E-state index < -0.39 is 0 Å². The largest absolute Gasteiger partial charge is 0.376 e. The number of carbonyl (C=O) groups excluding carboxylic acids is 1. The van der Waals surface area contributed by atoms with Crippen molar-refractivity contribution in [2.45, 2.75) is 18.9 Å². The Hall–Kier alpha value is -2.18. The van der Waals surface area contributed by atoms with Crippen LogP contribution in [0.5, 0.6) is 0 Å². The van der Waals surface area contributed by atoms with Gasteiger partial charge in [0.05, 0.1) is 11.0 Å². The highest BCUT2D eigenvalue weighted by Crippen LogP contribution is 2.32. The zero-order chi connectivity index (χ0) is 15.6. The van der Waals surface area contributed by atoms with E-state index in [9.17, 15) is 4.79 Å². The van der Waals surface area contributed by atoms with Crippen LogP contribution in [0.1, 0.15) is 22.5 Å². The molecule has 3 aromatic rings. The molecule has 1 saturated heterocycles. The van der Waals surface area contributed by atoms with Gasteiger partial charge in [-0.1, -0.05) is 0 Å². The Kier molecular flexibility index (Phi) is 3.85. The molecule has 5 nitrogen and oxygen atoms in total. The highest BCUT2D eigenvalue weighted by molar-refractivity contribution is 7.17. The van der Waals surface area contributed by atoms with Crippen molar-refractivity contribution < 1.29 is 9.53 Å². The summed E-state index contributed by atoms with van der Waals surface area (Å²) in [5.74, 6) is -0.0314. The van der Waals surface area contributed by atoms with E-state index in [0.29, 0.717) is 6.54 Å². The topological polar surface area (TPSA) is 67.0 Å². The van der Waals surface area contributed by atoms with E-state index in [1.807, 2.05) is 30.5 Å². The Balaban J connectivity index is 1.52. The van der Waals surface area contributed by atoms with Gasteiger partial charge in [0, 0.05) is 41.4 Å². The van der Waals surface area contributed by atoms with Gasteiger partial charge in [-0.3, -0.25) is 4.79 Å². The van der Waals surface area contributed by atoms with Crippen LogP contribution in [0.4, 0.5) is 0 Å². The molecule has 4 rings (SSSR count). The number of aromatic amines is 1. The van der Waals surface area contributed by atoms with Crippen LogP contribution in [-0.2, 0) is 4.74 Å². The molecule has 2 N–H and O–H groups in total. The number of pyridine rings is 1. The van der Waals surface area contributed by atoms with E-state index in [-0.39, 0.29) is 12.0 Å². The summed E-state index contributed by atoms with van der Waals surface area (Å²) in [4.78, 5) is 21.5. The van der Waals surface area contributed by atoms with E-state index in [2.05, 4.69) is 15.3 Å². The molecule has 1 aliphatic rings. The Morgan fingerprint density at radius 2 is 2.35 bits per heavy atom. The number of H-pyrrole nitrogens is 1. The second-order valence-corrected chi connectivity index (χ2v) is 6.69. The van der Waals surface area contributed by atoms with Gasteiger partial charge in [0.2, 0.25) is 0 Å². The first-order valence-electron chi connectivity index (χ1n) is 7.73. The first kappa shape index (κ1) is 14.4. The molecule has 4 heterocycles.